The van der Waals surface area contributed by atoms with Crippen LogP contribution in [0.15, 0.2) is 47.4 Å². The first-order valence-electron chi connectivity index (χ1n) is 7.64. The van der Waals surface area contributed by atoms with Crippen LogP contribution in [0, 0.1) is 0 Å². The first kappa shape index (κ1) is 18.8. The summed E-state index contributed by atoms with van der Waals surface area (Å²) in [5, 5.41) is 2.79. The maximum absolute atomic E-state index is 12.3. The summed E-state index contributed by atoms with van der Waals surface area (Å²) in [5.74, 6) is 0.641. The molecule has 0 fully saturated rings. The largest absolute Gasteiger partial charge is 0.497 e. The second-order valence-electron chi connectivity index (χ2n) is 5.50. The van der Waals surface area contributed by atoms with Gasteiger partial charge in [0.05, 0.1) is 14.2 Å². The van der Waals surface area contributed by atoms with Gasteiger partial charge in [0.25, 0.3) is 5.91 Å². The molecule has 0 spiro atoms. The van der Waals surface area contributed by atoms with Gasteiger partial charge in [-0.1, -0.05) is 12.1 Å². The summed E-state index contributed by atoms with van der Waals surface area (Å²) in [7, 11) is -0.504. The lowest BCUT2D eigenvalue weighted by atomic mass is 10.1. The summed E-state index contributed by atoms with van der Waals surface area (Å²) in [6, 6.07) is 11.9. The van der Waals surface area contributed by atoms with Crippen LogP contribution in [0.1, 0.15) is 15.9 Å². The zero-order valence-electron chi connectivity index (χ0n) is 14.4. The summed E-state index contributed by atoms with van der Waals surface area (Å²) in [6.45, 7) is 0.423. The quantitative estimate of drug-likeness (QED) is 0.814. The van der Waals surface area contributed by atoms with Crippen molar-refractivity contribution >= 4 is 15.7 Å². The van der Waals surface area contributed by atoms with Gasteiger partial charge in [-0.05, 0) is 42.3 Å². The van der Waals surface area contributed by atoms with Crippen LogP contribution >= 0.6 is 0 Å². The average molecular weight is 363 g/mol. The van der Waals surface area contributed by atoms with E-state index in [0.717, 1.165) is 17.6 Å². The highest BCUT2D eigenvalue weighted by atomic mass is 32.2. The third-order valence-corrected chi connectivity index (χ3v) is 4.78. The van der Waals surface area contributed by atoms with Crippen LogP contribution in [-0.2, 0) is 16.3 Å². The maximum Gasteiger partial charge on any atom is 0.251 e. The van der Waals surface area contributed by atoms with Crippen LogP contribution in [0.2, 0.25) is 0 Å². The van der Waals surface area contributed by atoms with Crippen molar-refractivity contribution in [3.63, 3.8) is 0 Å². The molecule has 0 aliphatic carbocycles. The van der Waals surface area contributed by atoms with E-state index in [9.17, 15) is 13.2 Å². The van der Waals surface area contributed by atoms with E-state index in [1.807, 2.05) is 24.3 Å². The van der Waals surface area contributed by atoms with Crippen molar-refractivity contribution in [3.8, 4) is 11.5 Å². The summed E-state index contributed by atoms with van der Waals surface area (Å²) >= 11 is 0. The molecule has 1 amide bonds. The number of amides is 1. The Morgan fingerprint density at radius 1 is 1.08 bits per heavy atom. The van der Waals surface area contributed by atoms with Crippen LogP contribution in [-0.4, -0.2) is 41.3 Å². The first-order chi connectivity index (χ1) is 11.8. The number of benzene rings is 2. The minimum Gasteiger partial charge on any atom is -0.497 e. The van der Waals surface area contributed by atoms with Gasteiger partial charge in [0.2, 0.25) is 0 Å². The van der Waals surface area contributed by atoms with E-state index in [-0.39, 0.29) is 22.1 Å². The molecule has 7 heteroatoms. The third-order valence-electron chi connectivity index (χ3n) is 3.66. The van der Waals surface area contributed by atoms with E-state index in [1.165, 1.54) is 25.3 Å². The first-order valence-corrected chi connectivity index (χ1v) is 9.53. The molecule has 1 N–H and O–H groups in total. The van der Waals surface area contributed by atoms with Gasteiger partial charge in [0.1, 0.15) is 16.4 Å². The van der Waals surface area contributed by atoms with Crippen molar-refractivity contribution in [2.24, 2.45) is 0 Å². The number of hydrogen-bond acceptors (Lipinski definition) is 5. The molecule has 0 aliphatic heterocycles. The molecule has 0 unspecified atom stereocenters. The van der Waals surface area contributed by atoms with Gasteiger partial charge in [-0.2, -0.15) is 0 Å². The van der Waals surface area contributed by atoms with E-state index >= 15 is 0 Å². The molecule has 25 heavy (non-hydrogen) atoms. The number of nitrogens with one attached hydrogen (secondary N) is 1. The number of rotatable bonds is 7. The Morgan fingerprint density at radius 3 is 2.48 bits per heavy atom. The minimum absolute atomic E-state index is 0.00422. The highest BCUT2D eigenvalue weighted by Gasteiger charge is 2.17. The Labute approximate surface area is 147 Å². The molecule has 2 aromatic carbocycles. The van der Waals surface area contributed by atoms with Crippen LogP contribution in [0.5, 0.6) is 11.5 Å². The van der Waals surface area contributed by atoms with Gasteiger partial charge < -0.3 is 14.8 Å². The molecule has 0 heterocycles. The number of methoxy groups -OCH3 is 2. The zero-order valence-corrected chi connectivity index (χ0v) is 15.2. The predicted octanol–water partition coefficient (Wildman–Crippen LogP) is 2.08. The standard InChI is InChI=1S/C18H21NO5S/c1-23-15-6-4-5-13(11-15)9-10-19-18(20)14-7-8-16(24-2)17(12-14)25(3,21)22/h4-8,11-12H,9-10H2,1-3H3,(H,19,20). The fourth-order valence-electron chi connectivity index (χ4n) is 2.36. The summed E-state index contributed by atoms with van der Waals surface area (Å²) in [4.78, 5) is 12.3. The molecule has 2 aromatic rings. The van der Waals surface area contributed by atoms with Gasteiger partial charge in [0.15, 0.2) is 9.84 Å². The van der Waals surface area contributed by atoms with Gasteiger partial charge in [-0.15, -0.1) is 0 Å². The Morgan fingerprint density at radius 2 is 1.84 bits per heavy atom. The molecule has 134 valence electrons. The lowest BCUT2D eigenvalue weighted by Crippen LogP contribution is -2.26. The summed E-state index contributed by atoms with van der Waals surface area (Å²) in [5.41, 5.74) is 1.30. The number of ether oxygens (including phenoxy) is 2. The van der Waals surface area contributed by atoms with E-state index in [4.69, 9.17) is 9.47 Å². The number of carbonyl (C=O) groups excluding carboxylic acids is 1. The van der Waals surface area contributed by atoms with Gasteiger partial charge in [0, 0.05) is 18.4 Å². The van der Waals surface area contributed by atoms with Gasteiger partial charge in [-0.25, -0.2) is 8.42 Å². The Balaban J connectivity index is 2.05. The number of hydrogen-bond donors (Lipinski definition) is 1. The van der Waals surface area contributed by atoms with E-state index < -0.39 is 9.84 Å². The SMILES string of the molecule is COc1cccc(CCNC(=O)c2ccc(OC)c(S(C)(=O)=O)c2)c1. The molecule has 0 saturated heterocycles. The molecule has 0 saturated carbocycles. The van der Waals surface area contributed by atoms with Crippen LogP contribution in [0.25, 0.3) is 0 Å². The minimum atomic E-state index is -3.49. The second kappa shape index (κ2) is 8.02. The summed E-state index contributed by atoms with van der Waals surface area (Å²) in [6.07, 6.45) is 1.72. The van der Waals surface area contributed by atoms with Crippen LogP contribution in [0.4, 0.5) is 0 Å². The van der Waals surface area contributed by atoms with Crippen molar-refractivity contribution in [1.29, 1.82) is 0 Å². The predicted molar refractivity (Wildman–Crippen MR) is 95.1 cm³/mol. The van der Waals surface area contributed by atoms with E-state index in [0.29, 0.717) is 13.0 Å². The fraction of sp³-hybridized carbons (Fsp3) is 0.278. The van der Waals surface area contributed by atoms with Crippen molar-refractivity contribution < 1.29 is 22.7 Å². The summed E-state index contributed by atoms with van der Waals surface area (Å²) < 4.78 is 33.9. The second-order valence-corrected chi connectivity index (χ2v) is 7.48. The molecule has 2 rings (SSSR count). The molecule has 0 bridgehead atoms. The normalized spacial score (nSPS) is 11.0. The lowest BCUT2D eigenvalue weighted by molar-refractivity contribution is 0.0954. The third kappa shape index (κ3) is 4.96. The topological polar surface area (TPSA) is 81.7 Å². The smallest absolute Gasteiger partial charge is 0.251 e. The van der Waals surface area contributed by atoms with Crippen molar-refractivity contribution in [1.82, 2.24) is 5.32 Å². The monoisotopic (exact) mass is 363 g/mol. The molecule has 0 aromatic heterocycles. The van der Waals surface area contributed by atoms with Crippen molar-refractivity contribution in [3.05, 3.63) is 53.6 Å². The Kier molecular flexibility index (Phi) is 6.03. The van der Waals surface area contributed by atoms with Crippen molar-refractivity contribution in [2.45, 2.75) is 11.3 Å². The Bertz CT molecular complexity index is 862. The molecule has 0 aliphatic rings. The maximum atomic E-state index is 12.3. The number of carbonyl (C=O) groups is 1. The van der Waals surface area contributed by atoms with Gasteiger partial charge in [-0.3, -0.25) is 4.79 Å². The molecular weight excluding hydrogens is 342 g/mol. The average Bonchev–Trinajstić information content (AvgIpc) is 2.60. The van der Waals surface area contributed by atoms with Gasteiger partial charge >= 0.3 is 0 Å². The molecular formula is C18H21NO5S. The van der Waals surface area contributed by atoms with E-state index in [2.05, 4.69) is 5.32 Å². The van der Waals surface area contributed by atoms with Crippen LogP contribution in [0.3, 0.4) is 0 Å². The molecule has 6 nitrogen and oxygen atoms in total. The molecule has 0 radical (unpaired) electrons. The zero-order chi connectivity index (χ0) is 18.4. The van der Waals surface area contributed by atoms with E-state index in [1.54, 1.807) is 7.11 Å². The Hall–Kier alpha value is -2.54. The highest BCUT2D eigenvalue weighted by molar-refractivity contribution is 7.90. The van der Waals surface area contributed by atoms with Crippen LogP contribution < -0.4 is 14.8 Å². The fourth-order valence-corrected chi connectivity index (χ4v) is 3.22. The molecule has 0 atom stereocenters. The highest BCUT2D eigenvalue weighted by Crippen LogP contribution is 2.24. The number of sulfone groups is 1. The van der Waals surface area contributed by atoms with Crippen molar-refractivity contribution in [2.75, 3.05) is 27.0 Å². The lowest BCUT2D eigenvalue weighted by Gasteiger charge is -2.10.